The Labute approximate surface area is 164 Å². The number of piperidine rings is 1. The second-order valence-electron chi connectivity index (χ2n) is 6.17. The number of nitro benzene ring substituents is 1. The number of rotatable bonds is 8. The monoisotopic (exact) mass is 403 g/mol. The maximum atomic E-state index is 12.7. The molecule has 1 fully saturated rings. The van der Waals surface area contributed by atoms with Gasteiger partial charge in [0.1, 0.15) is 12.2 Å². The van der Waals surface area contributed by atoms with Gasteiger partial charge in [-0.2, -0.15) is 0 Å². The van der Waals surface area contributed by atoms with Crippen LogP contribution in [0.3, 0.4) is 0 Å². The minimum atomic E-state index is -0.594. The molecule has 2 rings (SSSR count). The number of hydrogen-bond acceptors (Lipinski definition) is 7. The van der Waals surface area contributed by atoms with Crippen molar-refractivity contribution in [3.05, 3.63) is 27.8 Å². The molecule has 10 heteroatoms. The van der Waals surface area contributed by atoms with Gasteiger partial charge < -0.3 is 24.8 Å². The molecule has 2 atom stereocenters. The molecule has 152 valence electrons. The number of amides is 1. The van der Waals surface area contributed by atoms with E-state index in [4.69, 9.17) is 14.2 Å². The van der Waals surface area contributed by atoms with Crippen LogP contribution in [0.5, 0.6) is 11.5 Å². The largest absolute Gasteiger partial charge is 0.493 e. The smallest absolute Gasteiger partial charge is 0.286 e. The van der Waals surface area contributed by atoms with Crippen LogP contribution in [0.15, 0.2) is 12.1 Å². The SMILES string of the molecule is COCCOc1cc([N+](=O)[O-])c(C(=O)NC2CCNCC2C)cc1OC.Cl. The third kappa shape index (κ3) is 5.95. The number of halogens is 1. The summed E-state index contributed by atoms with van der Waals surface area (Å²) >= 11 is 0. The van der Waals surface area contributed by atoms with Gasteiger partial charge in [-0.25, -0.2) is 0 Å². The molecule has 0 spiro atoms. The highest BCUT2D eigenvalue weighted by Gasteiger charge is 2.28. The molecule has 1 aromatic rings. The molecule has 0 aromatic heterocycles. The van der Waals surface area contributed by atoms with Crippen molar-refractivity contribution >= 4 is 24.0 Å². The lowest BCUT2D eigenvalue weighted by atomic mass is 9.95. The minimum Gasteiger partial charge on any atom is -0.493 e. The zero-order valence-electron chi connectivity index (χ0n) is 15.6. The molecule has 2 unspecified atom stereocenters. The van der Waals surface area contributed by atoms with Crippen LogP contribution in [0.2, 0.25) is 0 Å². The van der Waals surface area contributed by atoms with Crippen LogP contribution in [0.25, 0.3) is 0 Å². The number of nitrogens with one attached hydrogen (secondary N) is 2. The lowest BCUT2D eigenvalue weighted by Gasteiger charge is -2.30. The van der Waals surface area contributed by atoms with E-state index in [1.165, 1.54) is 26.4 Å². The van der Waals surface area contributed by atoms with Gasteiger partial charge in [0.25, 0.3) is 11.6 Å². The Bertz CT molecular complexity index is 658. The molecule has 1 saturated heterocycles. The number of nitro groups is 1. The Morgan fingerprint density at radius 1 is 1.33 bits per heavy atom. The van der Waals surface area contributed by atoms with Gasteiger partial charge in [-0.05, 0) is 25.4 Å². The molecule has 1 aromatic carbocycles. The summed E-state index contributed by atoms with van der Waals surface area (Å²) in [6.07, 6.45) is 0.774. The van der Waals surface area contributed by atoms with Crippen LogP contribution in [-0.4, -0.2) is 57.4 Å². The van der Waals surface area contributed by atoms with Gasteiger partial charge in [0.05, 0.1) is 24.7 Å². The summed E-state index contributed by atoms with van der Waals surface area (Å²) in [5, 5.41) is 17.6. The highest BCUT2D eigenvalue weighted by Crippen LogP contribution is 2.35. The summed E-state index contributed by atoms with van der Waals surface area (Å²) in [4.78, 5) is 23.5. The number of benzene rings is 1. The molecule has 1 heterocycles. The van der Waals surface area contributed by atoms with E-state index in [0.717, 1.165) is 19.5 Å². The number of carbonyl (C=O) groups is 1. The Kier molecular flexibility index (Phi) is 9.27. The summed E-state index contributed by atoms with van der Waals surface area (Å²) in [6.45, 7) is 4.16. The summed E-state index contributed by atoms with van der Waals surface area (Å²) < 4.78 is 15.6. The summed E-state index contributed by atoms with van der Waals surface area (Å²) in [5.41, 5.74) is -0.367. The molecule has 1 aliphatic heterocycles. The van der Waals surface area contributed by atoms with E-state index < -0.39 is 10.8 Å². The van der Waals surface area contributed by atoms with Gasteiger partial charge in [0.2, 0.25) is 0 Å². The van der Waals surface area contributed by atoms with Crippen molar-refractivity contribution in [2.45, 2.75) is 19.4 Å². The standard InChI is InChI=1S/C17H25N3O6.ClH/c1-11-10-18-5-4-13(11)19-17(21)12-8-15(25-3)16(26-7-6-24-2)9-14(12)20(22)23;/h8-9,11,13,18H,4-7,10H2,1-3H3,(H,19,21);1H. The molecule has 1 aliphatic rings. The fraction of sp³-hybridized carbons (Fsp3) is 0.588. The van der Waals surface area contributed by atoms with Crippen molar-refractivity contribution in [1.82, 2.24) is 10.6 Å². The van der Waals surface area contributed by atoms with Gasteiger partial charge in [-0.15, -0.1) is 12.4 Å². The van der Waals surface area contributed by atoms with Gasteiger partial charge in [0, 0.05) is 19.2 Å². The van der Waals surface area contributed by atoms with Crippen molar-refractivity contribution in [2.75, 3.05) is 40.5 Å². The highest BCUT2D eigenvalue weighted by atomic mass is 35.5. The van der Waals surface area contributed by atoms with Gasteiger partial charge in [-0.3, -0.25) is 14.9 Å². The molecular formula is C17H26ClN3O6. The van der Waals surface area contributed by atoms with Crippen molar-refractivity contribution in [3.8, 4) is 11.5 Å². The van der Waals surface area contributed by atoms with Crippen LogP contribution >= 0.6 is 12.4 Å². The average Bonchev–Trinajstić information content (AvgIpc) is 2.63. The number of carbonyl (C=O) groups excluding carboxylic acids is 1. The molecular weight excluding hydrogens is 378 g/mol. The second-order valence-corrected chi connectivity index (χ2v) is 6.17. The Hall–Kier alpha value is -2.10. The zero-order valence-corrected chi connectivity index (χ0v) is 16.5. The average molecular weight is 404 g/mol. The normalized spacial score (nSPS) is 18.9. The first kappa shape index (κ1) is 22.9. The predicted octanol–water partition coefficient (Wildman–Crippen LogP) is 1.78. The summed E-state index contributed by atoms with van der Waals surface area (Å²) in [7, 11) is 2.94. The van der Waals surface area contributed by atoms with Crippen LogP contribution in [-0.2, 0) is 4.74 Å². The number of ether oxygens (including phenoxy) is 3. The fourth-order valence-corrected chi connectivity index (χ4v) is 2.86. The lowest BCUT2D eigenvalue weighted by molar-refractivity contribution is -0.385. The predicted molar refractivity (Wildman–Crippen MR) is 102 cm³/mol. The van der Waals surface area contributed by atoms with E-state index in [0.29, 0.717) is 6.61 Å². The topological polar surface area (TPSA) is 112 Å². The van der Waals surface area contributed by atoms with Gasteiger partial charge in [-0.1, -0.05) is 6.92 Å². The first-order valence-electron chi connectivity index (χ1n) is 8.47. The van der Waals surface area contributed by atoms with Crippen molar-refractivity contribution in [3.63, 3.8) is 0 Å². The Morgan fingerprint density at radius 3 is 2.67 bits per heavy atom. The molecule has 0 aliphatic carbocycles. The van der Waals surface area contributed by atoms with Crippen LogP contribution in [0.4, 0.5) is 5.69 Å². The Balaban J connectivity index is 0.00000364. The van der Waals surface area contributed by atoms with Crippen LogP contribution in [0.1, 0.15) is 23.7 Å². The highest BCUT2D eigenvalue weighted by molar-refractivity contribution is 5.99. The quantitative estimate of drug-likeness (QED) is 0.386. The van der Waals surface area contributed by atoms with E-state index in [1.54, 1.807) is 0 Å². The molecule has 2 N–H and O–H groups in total. The third-order valence-corrected chi connectivity index (χ3v) is 4.37. The third-order valence-electron chi connectivity index (χ3n) is 4.37. The Morgan fingerprint density at radius 2 is 2.07 bits per heavy atom. The molecule has 0 bridgehead atoms. The van der Waals surface area contributed by atoms with Gasteiger partial charge >= 0.3 is 0 Å². The first-order chi connectivity index (χ1) is 12.5. The van der Waals surface area contributed by atoms with E-state index in [-0.39, 0.29) is 53.7 Å². The van der Waals surface area contributed by atoms with E-state index >= 15 is 0 Å². The van der Waals surface area contributed by atoms with E-state index in [9.17, 15) is 14.9 Å². The molecule has 0 radical (unpaired) electrons. The van der Waals surface area contributed by atoms with Crippen LogP contribution in [0, 0.1) is 16.0 Å². The number of hydrogen-bond donors (Lipinski definition) is 2. The maximum absolute atomic E-state index is 12.7. The lowest BCUT2D eigenvalue weighted by Crippen LogP contribution is -2.48. The fourth-order valence-electron chi connectivity index (χ4n) is 2.86. The minimum absolute atomic E-state index is 0. The molecule has 1 amide bonds. The maximum Gasteiger partial charge on any atom is 0.286 e. The zero-order chi connectivity index (χ0) is 19.1. The van der Waals surface area contributed by atoms with Crippen molar-refractivity contribution in [2.24, 2.45) is 5.92 Å². The number of methoxy groups -OCH3 is 2. The molecule has 0 saturated carbocycles. The van der Waals surface area contributed by atoms with Gasteiger partial charge in [0.15, 0.2) is 11.5 Å². The van der Waals surface area contributed by atoms with E-state index in [1.807, 2.05) is 6.92 Å². The summed E-state index contributed by atoms with van der Waals surface area (Å²) in [5.74, 6) is 0.209. The molecule has 9 nitrogen and oxygen atoms in total. The first-order valence-corrected chi connectivity index (χ1v) is 8.47. The van der Waals surface area contributed by atoms with Crippen molar-refractivity contribution < 1.29 is 23.9 Å². The van der Waals surface area contributed by atoms with E-state index in [2.05, 4.69) is 10.6 Å². The second kappa shape index (κ2) is 10.9. The van der Waals surface area contributed by atoms with Crippen LogP contribution < -0.4 is 20.1 Å². The summed E-state index contributed by atoms with van der Waals surface area (Å²) in [6, 6.07) is 2.53. The van der Waals surface area contributed by atoms with Crippen molar-refractivity contribution in [1.29, 1.82) is 0 Å². The molecule has 27 heavy (non-hydrogen) atoms. The number of nitrogens with zero attached hydrogens (tertiary/aromatic N) is 1.